The second kappa shape index (κ2) is 9.80. The van der Waals surface area contributed by atoms with Crippen LogP contribution in [0.1, 0.15) is 42.6 Å². The van der Waals surface area contributed by atoms with Crippen molar-refractivity contribution in [1.82, 2.24) is 10.3 Å². The van der Waals surface area contributed by atoms with E-state index in [1.165, 1.54) is 31.2 Å². The topological polar surface area (TPSA) is 62.3 Å². The fourth-order valence-electron chi connectivity index (χ4n) is 3.63. The first-order valence-electron chi connectivity index (χ1n) is 10.7. The number of halogens is 3. The molecule has 0 radical (unpaired) electrons. The van der Waals surface area contributed by atoms with Gasteiger partial charge in [-0.3, -0.25) is 14.5 Å². The van der Waals surface area contributed by atoms with Crippen molar-refractivity contribution in [1.29, 1.82) is 0 Å². The van der Waals surface area contributed by atoms with Gasteiger partial charge in [-0.1, -0.05) is 36.4 Å². The molecule has 1 N–H and O–H groups in total. The number of carbonyl (C=O) groups is 2. The molecule has 4 rings (SSSR count). The number of nitrogens with zero attached hydrogens (tertiary/aromatic N) is 2. The van der Waals surface area contributed by atoms with Gasteiger partial charge < -0.3 is 5.32 Å². The van der Waals surface area contributed by atoms with E-state index in [2.05, 4.69) is 10.3 Å². The molecule has 0 spiro atoms. The van der Waals surface area contributed by atoms with E-state index in [0.717, 1.165) is 46.8 Å². The summed E-state index contributed by atoms with van der Waals surface area (Å²) < 4.78 is 39.3. The summed E-state index contributed by atoms with van der Waals surface area (Å²) in [5.74, 6) is -0.323. The highest BCUT2D eigenvalue weighted by atomic mass is 32.1. The van der Waals surface area contributed by atoms with Crippen LogP contribution >= 0.6 is 11.3 Å². The third-order valence-electron chi connectivity index (χ3n) is 5.40. The number of carbonyl (C=O) groups excluding carboxylic acids is 2. The van der Waals surface area contributed by atoms with E-state index >= 15 is 0 Å². The molecule has 0 bridgehead atoms. The zero-order chi connectivity index (χ0) is 24.3. The molecule has 1 saturated carbocycles. The summed E-state index contributed by atoms with van der Waals surface area (Å²) in [7, 11) is 0. The van der Waals surface area contributed by atoms with Crippen molar-refractivity contribution in [3.8, 4) is 0 Å². The minimum Gasteiger partial charge on any atom is -0.345 e. The Labute approximate surface area is 198 Å². The van der Waals surface area contributed by atoms with Gasteiger partial charge in [0.15, 0.2) is 5.13 Å². The van der Waals surface area contributed by atoms with Gasteiger partial charge in [-0.05, 0) is 48.6 Å². The second-order valence-electron chi connectivity index (χ2n) is 8.03. The fourth-order valence-corrected chi connectivity index (χ4v) is 4.48. The van der Waals surface area contributed by atoms with Gasteiger partial charge >= 0.3 is 6.18 Å². The molecule has 34 heavy (non-hydrogen) atoms. The number of amides is 2. The predicted octanol–water partition coefficient (Wildman–Crippen LogP) is 6.13. The lowest BCUT2D eigenvalue weighted by Crippen LogP contribution is -2.28. The first-order chi connectivity index (χ1) is 16.2. The van der Waals surface area contributed by atoms with Gasteiger partial charge in [-0.15, -0.1) is 11.3 Å². The lowest BCUT2D eigenvalue weighted by Gasteiger charge is -2.19. The fraction of sp³-hybridized carbons (Fsp3) is 0.240. The van der Waals surface area contributed by atoms with Gasteiger partial charge in [0, 0.05) is 18.4 Å². The van der Waals surface area contributed by atoms with E-state index < -0.39 is 17.6 Å². The molecule has 1 heterocycles. The summed E-state index contributed by atoms with van der Waals surface area (Å²) >= 11 is 1.10. The number of aromatic nitrogens is 1. The molecule has 1 unspecified atom stereocenters. The maximum Gasteiger partial charge on any atom is 0.416 e. The van der Waals surface area contributed by atoms with Crippen LogP contribution < -0.4 is 10.2 Å². The van der Waals surface area contributed by atoms with E-state index in [0.29, 0.717) is 11.6 Å². The first-order valence-corrected chi connectivity index (χ1v) is 11.6. The minimum atomic E-state index is -4.53. The number of nitrogens with one attached hydrogen (secondary N) is 1. The molecule has 1 aromatic heterocycles. The summed E-state index contributed by atoms with van der Waals surface area (Å²) in [5.41, 5.74) is 0.699. The van der Waals surface area contributed by atoms with E-state index in [-0.39, 0.29) is 22.8 Å². The number of alkyl halides is 3. The molecule has 9 heteroatoms. The minimum absolute atomic E-state index is 0.0570. The third-order valence-corrected chi connectivity index (χ3v) is 6.25. The van der Waals surface area contributed by atoms with Crippen molar-refractivity contribution in [2.75, 3.05) is 4.90 Å². The zero-order valence-corrected chi connectivity index (χ0v) is 19.1. The van der Waals surface area contributed by atoms with Crippen LogP contribution in [0.4, 0.5) is 24.0 Å². The van der Waals surface area contributed by atoms with Gasteiger partial charge in [-0.25, -0.2) is 4.98 Å². The molecule has 1 atom stereocenters. The Kier molecular flexibility index (Phi) is 6.83. The number of benzene rings is 2. The second-order valence-corrected chi connectivity index (χ2v) is 8.86. The van der Waals surface area contributed by atoms with E-state index in [1.54, 1.807) is 5.38 Å². The molecule has 0 saturated heterocycles. The van der Waals surface area contributed by atoms with Crippen LogP contribution in [0.5, 0.6) is 0 Å². The monoisotopic (exact) mass is 485 g/mol. The average molecular weight is 486 g/mol. The van der Waals surface area contributed by atoms with E-state index in [9.17, 15) is 22.8 Å². The summed E-state index contributed by atoms with van der Waals surface area (Å²) in [4.78, 5) is 30.2. The van der Waals surface area contributed by atoms with Crippen molar-refractivity contribution in [2.24, 2.45) is 5.92 Å². The van der Waals surface area contributed by atoms with Crippen molar-refractivity contribution in [2.45, 2.75) is 32.0 Å². The largest absolute Gasteiger partial charge is 0.416 e. The normalized spacial score (nSPS) is 14.7. The molecule has 5 nitrogen and oxygen atoms in total. The average Bonchev–Trinajstić information content (AvgIpc) is 3.54. The van der Waals surface area contributed by atoms with Gasteiger partial charge in [0.2, 0.25) is 11.8 Å². The molecule has 1 fully saturated rings. The highest BCUT2D eigenvalue weighted by Crippen LogP contribution is 2.41. The van der Waals surface area contributed by atoms with Gasteiger partial charge in [0.05, 0.1) is 23.0 Å². The van der Waals surface area contributed by atoms with Crippen molar-refractivity contribution < 1.29 is 22.8 Å². The van der Waals surface area contributed by atoms with E-state index in [4.69, 9.17) is 0 Å². The quantitative estimate of drug-likeness (QED) is 0.410. The number of hydrogen-bond acceptors (Lipinski definition) is 4. The summed E-state index contributed by atoms with van der Waals surface area (Å²) in [5, 5.41) is 4.89. The third kappa shape index (κ3) is 5.72. The SMILES string of the molecule is CC(=O)N(c1cccc(C(F)(F)F)c1)c1nc(/C=C/C(=O)NC(c2ccccc2)C2CC2)cs1. The molecule has 0 aliphatic heterocycles. The van der Waals surface area contributed by atoms with Crippen molar-refractivity contribution >= 4 is 40.0 Å². The number of anilines is 2. The zero-order valence-electron chi connectivity index (χ0n) is 18.3. The van der Waals surface area contributed by atoms with Crippen LogP contribution in [-0.4, -0.2) is 16.8 Å². The van der Waals surface area contributed by atoms with Gasteiger partial charge in [-0.2, -0.15) is 13.2 Å². The first kappa shape index (κ1) is 23.7. The van der Waals surface area contributed by atoms with E-state index in [1.807, 2.05) is 30.3 Å². The van der Waals surface area contributed by atoms with Crippen LogP contribution in [0.25, 0.3) is 6.08 Å². The van der Waals surface area contributed by atoms with Gasteiger partial charge in [0.1, 0.15) is 0 Å². The Hall–Kier alpha value is -3.46. The Bertz CT molecular complexity index is 1200. The molecule has 3 aromatic rings. The standard InChI is InChI=1S/C25H22F3N3O2S/c1-16(32)31(21-9-5-8-19(14-21)25(26,27)28)24-29-20(15-34-24)12-13-22(33)30-23(18-10-11-18)17-6-3-2-4-7-17/h2-9,12-15,18,23H,10-11H2,1H3,(H,30,33)/b13-12+. The van der Waals surface area contributed by atoms with Crippen molar-refractivity contribution in [3.63, 3.8) is 0 Å². The van der Waals surface area contributed by atoms with Crippen LogP contribution in [0.3, 0.4) is 0 Å². The van der Waals surface area contributed by atoms with Gasteiger partial charge in [0.25, 0.3) is 0 Å². The molecule has 1 aliphatic carbocycles. The Morgan fingerprint density at radius 2 is 1.88 bits per heavy atom. The molecule has 1 aliphatic rings. The summed E-state index contributed by atoms with van der Waals surface area (Å²) in [6.45, 7) is 1.26. The molecular weight excluding hydrogens is 463 g/mol. The Morgan fingerprint density at radius 3 is 2.53 bits per heavy atom. The van der Waals surface area contributed by atoms with Crippen LogP contribution in [-0.2, 0) is 15.8 Å². The number of thiazole rings is 1. The van der Waals surface area contributed by atoms with Crippen LogP contribution in [0, 0.1) is 5.92 Å². The number of hydrogen-bond donors (Lipinski definition) is 1. The Morgan fingerprint density at radius 1 is 1.15 bits per heavy atom. The summed E-state index contributed by atoms with van der Waals surface area (Å²) in [6.07, 6.45) is 0.500. The van der Waals surface area contributed by atoms with Crippen molar-refractivity contribution in [3.05, 3.63) is 82.9 Å². The highest BCUT2D eigenvalue weighted by Gasteiger charge is 2.33. The van der Waals surface area contributed by atoms with Crippen LogP contribution in [0.15, 0.2) is 66.1 Å². The predicted molar refractivity (Wildman–Crippen MR) is 125 cm³/mol. The summed E-state index contributed by atoms with van der Waals surface area (Å²) in [6, 6.07) is 14.3. The van der Waals surface area contributed by atoms with Crippen LogP contribution in [0.2, 0.25) is 0 Å². The maximum absolute atomic E-state index is 13.1. The molecular formula is C25H22F3N3O2S. The maximum atomic E-state index is 13.1. The molecule has 176 valence electrons. The lowest BCUT2D eigenvalue weighted by atomic mass is 10.0. The highest BCUT2D eigenvalue weighted by molar-refractivity contribution is 7.14. The Balaban J connectivity index is 1.48. The molecule has 2 amide bonds. The molecule has 2 aromatic carbocycles. The lowest BCUT2D eigenvalue weighted by molar-refractivity contribution is -0.137. The number of rotatable bonds is 7. The smallest absolute Gasteiger partial charge is 0.345 e.